The van der Waals surface area contributed by atoms with Crippen LogP contribution in [0.15, 0.2) is 48.5 Å². The SMILES string of the molecule is COc1ccc(N2CC(C(=O)Nc3ccccc3CN(C)C(C)=O)CC2=O)cc1. The molecule has 7 heteroatoms. The molecule has 3 amide bonds. The second-order valence-corrected chi connectivity index (χ2v) is 7.12. The first-order valence-electron chi connectivity index (χ1n) is 9.44. The van der Waals surface area contributed by atoms with Crippen molar-refractivity contribution in [1.29, 1.82) is 0 Å². The quantitative estimate of drug-likeness (QED) is 0.816. The average molecular weight is 395 g/mol. The van der Waals surface area contributed by atoms with Gasteiger partial charge in [0.05, 0.1) is 13.0 Å². The Balaban J connectivity index is 1.69. The minimum Gasteiger partial charge on any atom is -0.497 e. The maximum absolute atomic E-state index is 12.8. The summed E-state index contributed by atoms with van der Waals surface area (Å²) in [4.78, 5) is 40.0. The molecule has 0 bridgehead atoms. The number of para-hydroxylation sites is 1. The van der Waals surface area contributed by atoms with Crippen LogP contribution in [-0.4, -0.2) is 43.3 Å². The summed E-state index contributed by atoms with van der Waals surface area (Å²) in [5, 5.41) is 2.93. The smallest absolute Gasteiger partial charge is 0.229 e. The van der Waals surface area contributed by atoms with Crippen molar-refractivity contribution in [1.82, 2.24) is 4.90 Å². The van der Waals surface area contributed by atoms with Crippen LogP contribution in [0.2, 0.25) is 0 Å². The Morgan fingerprint density at radius 3 is 2.52 bits per heavy atom. The van der Waals surface area contributed by atoms with Crippen LogP contribution in [0.3, 0.4) is 0 Å². The fraction of sp³-hybridized carbons (Fsp3) is 0.318. The van der Waals surface area contributed by atoms with E-state index in [1.807, 2.05) is 30.3 Å². The van der Waals surface area contributed by atoms with Crippen molar-refractivity contribution < 1.29 is 19.1 Å². The lowest BCUT2D eigenvalue weighted by molar-refractivity contribution is -0.128. The molecular formula is C22H25N3O4. The highest BCUT2D eigenvalue weighted by molar-refractivity contribution is 6.03. The van der Waals surface area contributed by atoms with Gasteiger partial charge >= 0.3 is 0 Å². The molecule has 0 radical (unpaired) electrons. The van der Waals surface area contributed by atoms with Crippen LogP contribution in [-0.2, 0) is 20.9 Å². The number of hydrogen-bond acceptors (Lipinski definition) is 4. The zero-order valence-electron chi connectivity index (χ0n) is 16.8. The summed E-state index contributed by atoms with van der Waals surface area (Å²) in [7, 11) is 3.30. The van der Waals surface area contributed by atoms with E-state index in [0.29, 0.717) is 24.5 Å². The Labute approximate surface area is 170 Å². The number of carbonyl (C=O) groups excluding carboxylic acids is 3. The highest BCUT2D eigenvalue weighted by Gasteiger charge is 2.35. The van der Waals surface area contributed by atoms with Crippen molar-refractivity contribution in [2.24, 2.45) is 5.92 Å². The van der Waals surface area contributed by atoms with Gasteiger partial charge in [-0.25, -0.2) is 0 Å². The minimum atomic E-state index is -0.441. The van der Waals surface area contributed by atoms with E-state index in [1.165, 1.54) is 6.92 Å². The third-order valence-corrected chi connectivity index (χ3v) is 5.10. The summed E-state index contributed by atoms with van der Waals surface area (Å²) in [6.07, 6.45) is 0.160. The molecule has 1 atom stereocenters. The lowest BCUT2D eigenvalue weighted by Crippen LogP contribution is -2.29. The highest BCUT2D eigenvalue weighted by Crippen LogP contribution is 2.28. The normalized spacial score (nSPS) is 15.9. The molecule has 29 heavy (non-hydrogen) atoms. The first-order valence-corrected chi connectivity index (χ1v) is 9.44. The van der Waals surface area contributed by atoms with E-state index in [0.717, 1.165) is 11.3 Å². The lowest BCUT2D eigenvalue weighted by atomic mass is 10.1. The molecule has 1 aliphatic rings. The first kappa shape index (κ1) is 20.4. The summed E-state index contributed by atoms with van der Waals surface area (Å²) in [6.45, 7) is 2.22. The number of rotatable bonds is 6. The number of anilines is 2. The minimum absolute atomic E-state index is 0.0531. The van der Waals surface area contributed by atoms with Gasteiger partial charge in [0.1, 0.15) is 5.75 Å². The van der Waals surface area contributed by atoms with Gasteiger partial charge in [0, 0.05) is 44.9 Å². The molecule has 1 saturated heterocycles. The Morgan fingerprint density at radius 1 is 1.17 bits per heavy atom. The van der Waals surface area contributed by atoms with Gasteiger partial charge in [-0.2, -0.15) is 0 Å². The van der Waals surface area contributed by atoms with Crippen molar-refractivity contribution >= 4 is 29.1 Å². The monoisotopic (exact) mass is 395 g/mol. The van der Waals surface area contributed by atoms with Crippen LogP contribution >= 0.6 is 0 Å². The first-order chi connectivity index (χ1) is 13.9. The van der Waals surface area contributed by atoms with Gasteiger partial charge in [0.25, 0.3) is 0 Å². The Bertz CT molecular complexity index is 911. The zero-order valence-corrected chi connectivity index (χ0v) is 16.8. The largest absolute Gasteiger partial charge is 0.497 e. The van der Waals surface area contributed by atoms with Gasteiger partial charge < -0.3 is 19.9 Å². The summed E-state index contributed by atoms with van der Waals surface area (Å²) < 4.78 is 5.15. The fourth-order valence-electron chi connectivity index (χ4n) is 3.28. The predicted octanol–water partition coefficient (Wildman–Crippen LogP) is 2.67. The molecule has 7 nitrogen and oxygen atoms in total. The molecule has 1 unspecified atom stereocenters. The summed E-state index contributed by atoms with van der Waals surface area (Å²) in [5.74, 6) is -0.0696. The van der Waals surface area contributed by atoms with E-state index in [1.54, 1.807) is 42.2 Å². The van der Waals surface area contributed by atoms with E-state index in [9.17, 15) is 14.4 Å². The lowest BCUT2D eigenvalue weighted by Gasteiger charge is -2.19. The van der Waals surface area contributed by atoms with Gasteiger partial charge in [0.2, 0.25) is 17.7 Å². The third-order valence-electron chi connectivity index (χ3n) is 5.10. The Morgan fingerprint density at radius 2 is 1.86 bits per heavy atom. The maximum atomic E-state index is 12.8. The molecule has 0 aliphatic carbocycles. The molecular weight excluding hydrogens is 370 g/mol. The molecule has 0 spiro atoms. The van der Waals surface area contributed by atoms with Gasteiger partial charge in [-0.3, -0.25) is 14.4 Å². The Kier molecular flexibility index (Phi) is 6.16. The number of ether oxygens (including phenoxy) is 1. The van der Waals surface area contributed by atoms with Crippen LogP contribution in [0.4, 0.5) is 11.4 Å². The maximum Gasteiger partial charge on any atom is 0.229 e. The molecule has 0 saturated carbocycles. The molecule has 1 N–H and O–H groups in total. The molecule has 1 fully saturated rings. The van der Waals surface area contributed by atoms with Crippen molar-refractivity contribution in [2.75, 3.05) is 30.9 Å². The number of methoxy groups -OCH3 is 1. The van der Waals surface area contributed by atoms with E-state index in [4.69, 9.17) is 4.74 Å². The average Bonchev–Trinajstić information content (AvgIpc) is 3.11. The van der Waals surface area contributed by atoms with Gasteiger partial charge in [0.15, 0.2) is 0 Å². The molecule has 3 rings (SSSR count). The third kappa shape index (κ3) is 4.74. The van der Waals surface area contributed by atoms with Gasteiger partial charge in [-0.15, -0.1) is 0 Å². The predicted molar refractivity (Wildman–Crippen MR) is 111 cm³/mol. The second kappa shape index (κ2) is 8.77. The fourth-order valence-corrected chi connectivity index (χ4v) is 3.28. The second-order valence-electron chi connectivity index (χ2n) is 7.12. The van der Waals surface area contributed by atoms with E-state index < -0.39 is 5.92 Å². The topological polar surface area (TPSA) is 79.0 Å². The molecule has 2 aromatic carbocycles. The van der Waals surface area contributed by atoms with Crippen LogP contribution < -0.4 is 15.0 Å². The van der Waals surface area contributed by atoms with Gasteiger partial charge in [-0.1, -0.05) is 18.2 Å². The van der Waals surface area contributed by atoms with Crippen molar-refractivity contribution in [3.8, 4) is 5.75 Å². The summed E-state index contributed by atoms with van der Waals surface area (Å²) in [5.41, 5.74) is 2.24. The number of amides is 3. The molecule has 1 heterocycles. The van der Waals surface area contributed by atoms with Crippen LogP contribution in [0, 0.1) is 5.92 Å². The van der Waals surface area contributed by atoms with E-state index >= 15 is 0 Å². The van der Waals surface area contributed by atoms with Gasteiger partial charge in [-0.05, 0) is 35.9 Å². The summed E-state index contributed by atoms with van der Waals surface area (Å²) >= 11 is 0. The number of hydrogen-bond donors (Lipinski definition) is 1. The molecule has 2 aromatic rings. The van der Waals surface area contributed by atoms with E-state index in [-0.39, 0.29) is 24.1 Å². The molecule has 0 aromatic heterocycles. The van der Waals surface area contributed by atoms with Crippen molar-refractivity contribution in [2.45, 2.75) is 19.9 Å². The summed E-state index contributed by atoms with van der Waals surface area (Å²) in [6, 6.07) is 14.6. The standard InChI is InChI=1S/C22H25N3O4/c1-15(26)24(2)13-16-6-4-5-7-20(16)23-22(28)17-12-21(27)25(14-17)18-8-10-19(29-3)11-9-18/h4-11,17H,12-14H2,1-3H3,(H,23,28). The molecule has 1 aliphatic heterocycles. The van der Waals surface area contributed by atoms with Crippen LogP contribution in [0.25, 0.3) is 0 Å². The Hall–Kier alpha value is -3.35. The number of benzene rings is 2. The number of carbonyl (C=O) groups is 3. The number of nitrogens with one attached hydrogen (secondary N) is 1. The highest BCUT2D eigenvalue weighted by atomic mass is 16.5. The number of nitrogens with zero attached hydrogens (tertiary/aromatic N) is 2. The van der Waals surface area contributed by atoms with Crippen molar-refractivity contribution in [3.05, 3.63) is 54.1 Å². The van der Waals surface area contributed by atoms with Crippen LogP contribution in [0.1, 0.15) is 18.9 Å². The van der Waals surface area contributed by atoms with Crippen LogP contribution in [0.5, 0.6) is 5.75 Å². The zero-order chi connectivity index (χ0) is 21.0. The van der Waals surface area contributed by atoms with Crippen molar-refractivity contribution in [3.63, 3.8) is 0 Å². The van der Waals surface area contributed by atoms with E-state index in [2.05, 4.69) is 5.32 Å². The molecule has 152 valence electrons.